The van der Waals surface area contributed by atoms with Gasteiger partial charge in [-0.3, -0.25) is 10.6 Å². The quantitative estimate of drug-likeness (QED) is 0.673. The number of hydrazine groups is 1. The van der Waals surface area contributed by atoms with Crippen LogP contribution in [0.5, 0.6) is 5.75 Å². The summed E-state index contributed by atoms with van der Waals surface area (Å²) in [4.78, 5) is 22.0. The van der Waals surface area contributed by atoms with E-state index < -0.39 is 0 Å². The van der Waals surface area contributed by atoms with Gasteiger partial charge in [0.1, 0.15) is 6.33 Å². The average Bonchev–Trinajstić information content (AvgIpc) is 2.40. The van der Waals surface area contributed by atoms with Crippen LogP contribution >= 0.6 is 0 Å². The third-order valence-electron chi connectivity index (χ3n) is 4.04. The summed E-state index contributed by atoms with van der Waals surface area (Å²) in [6.07, 6.45) is 3.24. The maximum Gasteiger partial charge on any atom is 0.276 e. The van der Waals surface area contributed by atoms with E-state index in [1.165, 1.54) is 6.33 Å². The third kappa shape index (κ3) is 1.85. The number of aromatic nitrogens is 2. The fraction of sp³-hybridized carbons (Fsp3) is 0.583. The van der Waals surface area contributed by atoms with Gasteiger partial charge in [-0.25, -0.2) is 15.0 Å². The molecule has 7 heteroatoms. The molecule has 19 heavy (non-hydrogen) atoms. The first-order chi connectivity index (χ1) is 9.09. The first kappa shape index (κ1) is 12.3. The Labute approximate surface area is 111 Å². The lowest BCUT2D eigenvalue weighted by atomic mass is 9.88. The van der Waals surface area contributed by atoms with Gasteiger partial charge in [0.2, 0.25) is 0 Å². The second-order valence-electron chi connectivity index (χ2n) is 5.13. The number of carbonyl (C=O) groups is 1. The zero-order chi connectivity index (χ0) is 13.6. The van der Waals surface area contributed by atoms with Crippen LogP contribution in [0, 0.1) is 6.92 Å². The molecular weight excluding hydrogens is 246 g/mol. The van der Waals surface area contributed by atoms with Crippen molar-refractivity contribution in [1.82, 2.24) is 19.9 Å². The number of fused-ring (bicyclic) bond motifs is 1. The topological polar surface area (TPSA) is 95.6 Å². The molecule has 0 aromatic carbocycles. The largest absolute Gasteiger partial charge is 0.504 e. The Hall–Kier alpha value is -1.73. The number of likely N-dealkylation sites (tertiary alicyclic amines) is 1. The molecule has 2 aliphatic rings. The Kier molecular flexibility index (Phi) is 2.87. The zero-order valence-corrected chi connectivity index (χ0v) is 10.8. The van der Waals surface area contributed by atoms with Gasteiger partial charge in [0.25, 0.3) is 5.91 Å². The Morgan fingerprint density at radius 2 is 2.26 bits per heavy atom. The lowest BCUT2D eigenvalue weighted by Gasteiger charge is -2.53. The number of hydrogen-bond donors (Lipinski definition) is 2. The van der Waals surface area contributed by atoms with Crippen molar-refractivity contribution >= 4 is 5.91 Å². The van der Waals surface area contributed by atoms with E-state index >= 15 is 0 Å². The first-order valence-corrected chi connectivity index (χ1v) is 6.42. The monoisotopic (exact) mass is 263 g/mol. The summed E-state index contributed by atoms with van der Waals surface area (Å²) in [5, 5.41) is 11.7. The number of carbonyl (C=O) groups excluding carboxylic acids is 1. The minimum absolute atomic E-state index is 0.0867. The van der Waals surface area contributed by atoms with Gasteiger partial charge in [-0.05, 0) is 19.8 Å². The molecule has 7 nitrogen and oxygen atoms in total. The van der Waals surface area contributed by atoms with Crippen molar-refractivity contribution in [3.8, 4) is 5.75 Å². The van der Waals surface area contributed by atoms with Crippen molar-refractivity contribution in [1.29, 1.82) is 0 Å². The molecule has 0 radical (unpaired) electrons. The van der Waals surface area contributed by atoms with E-state index in [4.69, 9.17) is 5.84 Å². The van der Waals surface area contributed by atoms with Crippen molar-refractivity contribution in [2.75, 3.05) is 13.1 Å². The van der Waals surface area contributed by atoms with Crippen LogP contribution in [-0.2, 0) is 0 Å². The molecule has 0 saturated carbocycles. The fourth-order valence-electron chi connectivity index (χ4n) is 2.87. The summed E-state index contributed by atoms with van der Waals surface area (Å²) in [5.41, 5.74) is 0.504. The summed E-state index contributed by atoms with van der Waals surface area (Å²) < 4.78 is 0. The molecule has 2 unspecified atom stereocenters. The van der Waals surface area contributed by atoms with E-state index in [1.807, 2.05) is 0 Å². The van der Waals surface area contributed by atoms with E-state index in [1.54, 1.807) is 16.8 Å². The van der Waals surface area contributed by atoms with Gasteiger partial charge in [-0.2, -0.15) is 0 Å². The van der Waals surface area contributed by atoms with E-state index in [-0.39, 0.29) is 29.4 Å². The van der Waals surface area contributed by atoms with Crippen LogP contribution in [0.25, 0.3) is 0 Å². The van der Waals surface area contributed by atoms with Gasteiger partial charge in [0, 0.05) is 19.1 Å². The predicted octanol–water partition coefficient (Wildman–Crippen LogP) is -0.347. The minimum Gasteiger partial charge on any atom is -0.504 e. The third-order valence-corrected chi connectivity index (χ3v) is 4.04. The molecule has 3 heterocycles. The van der Waals surface area contributed by atoms with Gasteiger partial charge < -0.3 is 10.0 Å². The number of piperidine rings is 1. The second-order valence-corrected chi connectivity index (χ2v) is 5.13. The molecule has 2 atom stereocenters. The fourth-order valence-corrected chi connectivity index (χ4v) is 2.87. The van der Waals surface area contributed by atoms with Crippen molar-refractivity contribution in [2.24, 2.45) is 5.84 Å². The summed E-state index contributed by atoms with van der Waals surface area (Å²) >= 11 is 0. The SMILES string of the molecule is Cc1ncnc(C(=O)N2CCCC3C2CN3N)c1O. The molecule has 2 aliphatic heterocycles. The van der Waals surface area contributed by atoms with E-state index in [0.29, 0.717) is 18.8 Å². The molecule has 0 spiro atoms. The number of nitrogens with zero attached hydrogens (tertiary/aromatic N) is 4. The van der Waals surface area contributed by atoms with Crippen LogP contribution in [0.2, 0.25) is 0 Å². The smallest absolute Gasteiger partial charge is 0.276 e. The van der Waals surface area contributed by atoms with E-state index in [9.17, 15) is 9.90 Å². The van der Waals surface area contributed by atoms with E-state index in [0.717, 1.165) is 12.8 Å². The van der Waals surface area contributed by atoms with Gasteiger partial charge in [-0.1, -0.05) is 0 Å². The Bertz CT molecular complexity index is 521. The van der Waals surface area contributed by atoms with Gasteiger partial charge >= 0.3 is 0 Å². The standard InChI is InChI=1S/C12H17N5O2/c1-7-11(18)10(15-6-14-7)12(19)16-4-2-3-8-9(16)5-17(8)13/h6,8-9,18H,2-5,13H2,1H3. The summed E-state index contributed by atoms with van der Waals surface area (Å²) in [6.45, 7) is 3.02. The summed E-state index contributed by atoms with van der Waals surface area (Å²) in [6, 6.07) is 0.378. The molecule has 102 valence electrons. The van der Waals surface area contributed by atoms with Crippen LogP contribution in [0.15, 0.2) is 6.33 Å². The van der Waals surface area contributed by atoms with Crippen molar-refractivity contribution in [3.63, 3.8) is 0 Å². The molecular formula is C12H17N5O2. The van der Waals surface area contributed by atoms with Crippen molar-refractivity contribution < 1.29 is 9.90 Å². The van der Waals surface area contributed by atoms with Crippen molar-refractivity contribution in [3.05, 3.63) is 17.7 Å². The highest BCUT2D eigenvalue weighted by molar-refractivity contribution is 5.95. The number of aryl methyl sites for hydroxylation is 1. The molecule has 2 saturated heterocycles. The van der Waals surface area contributed by atoms with Crippen LogP contribution in [0.4, 0.5) is 0 Å². The number of amides is 1. The highest BCUT2D eigenvalue weighted by Crippen LogP contribution is 2.31. The molecule has 1 aromatic heterocycles. The highest BCUT2D eigenvalue weighted by Gasteiger charge is 2.45. The molecule has 3 N–H and O–H groups in total. The van der Waals surface area contributed by atoms with Gasteiger partial charge in [0.05, 0.1) is 11.7 Å². The second kappa shape index (κ2) is 4.43. The van der Waals surface area contributed by atoms with E-state index in [2.05, 4.69) is 9.97 Å². The number of hydrogen-bond acceptors (Lipinski definition) is 6. The Morgan fingerprint density at radius 3 is 3.00 bits per heavy atom. The van der Waals surface area contributed by atoms with Crippen LogP contribution < -0.4 is 5.84 Å². The molecule has 1 aromatic rings. The first-order valence-electron chi connectivity index (χ1n) is 6.42. The maximum absolute atomic E-state index is 12.5. The normalized spacial score (nSPS) is 26.7. The molecule has 2 fully saturated rings. The molecule has 3 rings (SSSR count). The zero-order valence-electron chi connectivity index (χ0n) is 10.8. The lowest BCUT2D eigenvalue weighted by Crippen LogP contribution is -2.71. The van der Waals surface area contributed by atoms with Crippen LogP contribution in [0.1, 0.15) is 29.0 Å². The number of aromatic hydroxyl groups is 1. The molecule has 0 bridgehead atoms. The van der Waals surface area contributed by atoms with Gasteiger partial charge in [0.15, 0.2) is 11.4 Å². The van der Waals surface area contributed by atoms with Gasteiger partial charge in [-0.15, -0.1) is 0 Å². The molecule has 0 aliphatic carbocycles. The minimum atomic E-state index is -0.231. The average molecular weight is 263 g/mol. The van der Waals surface area contributed by atoms with Crippen LogP contribution in [-0.4, -0.2) is 56.1 Å². The van der Waals surface area contributed by atoms with Crippen molar-refractivity contribution in [2.45, 2.75) is 31.8 Å². The predicted molar refractivity (Wildman–Crippen MR) is 67.2 cm³/mol. The lowest BCUT2D eigenvalue weighted by molar-refractivity contribution is -0.0468. The summed E-state index contributed by atoms with van der Waals surface area (Å²) in [5.74, 6) is 5.45. The number of nitrogens with two attached hydrogens (primary N) is 1. The molecule has 1 amide bonds. The highest BCUT2D eigenvalue weighted by atomic mass is 16.3. The number of rotatable bonds is 1. The Balaban J connectivity index is 1.86. The maximum atomic E-state index is 12.5. The van der Waals surface area contributed by atoms with Crippen LogP contribution in [0.3, 0.4) is 0 Å². The summed E-state index contributed by atoms with van der Waals surface area (Å²) in [7, 11) is 0. The Morgan fingerprint density at radius 1 is 1.47 bits per heavy atom.